The van der Waals surface area contributed by atoms with Crippen molar-refractivity contribution in [3.05, 3.63) is 47.8 Å². The highest BCUT2D eigenvalue weighted by Gasteiger charge is 2.34. The number of aromatic nitrogens is 2. The summed E-state index contributed by atoms with van der Waals surface area (Å²) in [5.74, 6) is -1.03. The SMILES string of the molecule is COC(=O)C1=C(Nc2ccc(-c3nc4ncccc4o3)c(O)c2)C(=O)N(CCO)C1. The van der Waals surface area contributed by atoms with Crippen molar-refractivity contribution in [3.63, 3.8) is 0 Å². The van der Waals surface area contributed by atoms with Gasteiger partial charge in [0.05, 0.1) is 31.4 Å². The van der Waals surface area contributed by atoms with Crippen LogP contribution in [0, 0.1) is 0 Å². The lowest BCUT2D eigenvalue weighted by molar-refractivity contribution is -0.136. The van der Waals surface area contributed by atoms with Crippen LogP contribution in [0.5, 0.6) is 5.75 Å². The fourth-order valence-corrected chi connectivity index (χ4v) is 3.17. The number of benzene rings is 1. The zero-order valence-corrected chi connectivity index (χ0v) is 16.0. The number of carbonyl (C=O) groups excluding carboxylic acids is 2. The number of carbonyl (C=O) groups is 2. The molecule has 1 aliphatic rings. The number of esters is 1. The van der Waals surface area contributed by atoms with Gasteiger partial charge in [-0.3, -0.25) is 4.79 Å². The lowest BCUT2D eigenvalue weighted by atomic mass is 10.1. The van der Waals surface area contributed by atoms with Crippen LogP contribution in [-0.2, 0) is 14.3 Å². The van der Waals surface area contributed by atoms with Crippen molar-refractivity contribution >= 4 is 28.8 Å². The first-order valence-corrected chi connectivity index (χ1v) is 9.05. The van der Waals surface area contributed by atoms with Gasteiger partial charge >= 0.3 is 5.97 Å². The number of nitrogens with zero attached hydrogens (tertiary/aromatic N) is 3. The number of phenolic OH excluding ortho intramolecular Hbond substituents is 1. The second-order valence-corrected chi connectivity index (χ2v) is 6.50. The number of aliphatic hydroxyl groups excluding tert-OH is 1. The van der Waals surface area contributed by atoms with Crippen molar-refractivity contribution in [2.24, 2.45) is 0 Å². The second kappa shape index (κ2) is 7.84. The molecule has 0 radical (unpaired) electrons. The molecule has 0 spiro atoms. The number of ether oxygens (including phenoxy) is 1. The topological polar surface area (TPSA) is 138 Å². The molecule has 0 saturated carbocycles. The van der Waals surface area contributed by atoms with Crippen LogP contribution in [0.4, 0.5) is 5.69 Å². The average molecular weight is 410 g/mol. The molecule has 1 amide bonds. The highest BCUT2D eigenvalue weighted by Crippen LogP contribution is 2.33. The highest BCUT2D eigenvalue weighted by molar-refractivity contribution is 6.08. The Bertz CT molecular complexity index is 1140. The third-order valence-electron chi connectivity index (χ3n) is 4.62. The molecule has 4 rings (SSSR count). The van der Waals surface area contributed by atoms with Crippen molar-refractivity contribution < 1.29 is 29.0 Å². The molecule has 154 valence electrons. The van der Waals surface area contributed by atoms with Gasteiger partial charge in [0.25, 0.3) is 5.91 Å². The van der Waals surface area contributed by atoms with Gasteiger partial charge < -0.3 is 29.6 Å². The number of anilines is 1. The van der Waals surface area contributed by atoms with Crippen LogP contribution in [0.25, 0.3) is 22.7 Å². The predicted molar refractivity (Wildman–Crippen MR) is 105 cm³/mol. The van der Waals surface area contributed by atoms with Gasteiger partial charge in [0.2, 0.25) is 5.89 Å². The average Bonchev–Trinajstić information content (AvgIpc) is 3.30. The van der Waals surface area contributed by atoms with E-state index in [1.165, 1.54) is 18.1 Å². The number of oxazole rings is 1. The second-order valence-electron chi connectivity index (χ2n) is 6.50. The summed E-state index contributed by atoms with van der Waals surface area (Å²) in [4.78, 5) is 34.3. The number of hydrogen-bond donors (Lipinski definition) is 3. The molecular formula is C20H18N4O6. The number of rotatable bonds is 6. The van der Waals surface area contributed by atoms with E-state index in [-0.39, 0.29) is 42.6 Å². The monoisotopic (exact) mass is 410 g/mol. The van der Waals surface area contributed by atoms with E-state index in [2.05, 4.69) is 15.3 Å². The number of β-amino-alcohol motifs (C(OH)–C–C–N with tert-alkyl or cyclic N) is 1. The van der Waals surface area contributed by atoms with Crippen LogP contribution < -0.4 is 5.32 Å². The number of aromatic hydroxyl groups is 1. The molecule has 2 aromatic heterocycles. The van der Waals surface area contributed by atoms with Gasteiger partial charge in [-0.25, -0.2) is 9.78 Å². The Hall–Kier alpha value is -3.92. The summed E-state index contributed by atoms with van der Waals surface area (Å²) in [6.45, 7) is -0.128. The summed E-state index contributed by atoms with van der Waals surface area (Å²) in [5, 5.41) is 22.5. The normalized spacial score (nSPS) is 13.9. The minimum Gasteiger partial charge on any atom is -0.507 e. The Morgan fingerprint density at radius 2 is 2.20 bits per heavy atom. The van der Waals surface area contributed by atoms with E-state index < -0.39 is 11.9 Å². The number of aliphatic hydroxyl groups is 1. The molecule has 0 atom stereocenters. The maximum Gasteiger partial charge on any atom is 0.337 e. The Morgan fingerprint density at radius 1 is 1.37 bits per heavy atom. The number of amides is 1. The highest BCUT2D eigenvalue weighted by atomic mass is 16.5. The molecular weight excluding hydrogens is 392 g/mol. The van der Waals surface area contributed by atoms with Gasteiger partial charge in [-0.15, -0.1) is 0 Å². The third-order valence-corrected chi connectivity index (χ3v) is 4.62. The van der Waals surface area contributed by atoms with Gasteiger partial charge in [0.15, 0.2) is 11.2 Å². The van der Waals surface area contributed by atoms with Gasteiger partial charge in [-0.1, -0.05) is 0 Å². The van der Waals surface area contributed by atoms with Crippen molar-refractivity contribution in [1.82, 2.24) is 14.9 Å². The standard InChI is InChI=1S/C20H18N4O6/c1-29-20(28)13-10-24(7-8-25)19(27)16(13)22-11-4-5-12(14(26)9-11)18-23-17-15(30-18)3-2-6-21-17/h2-6,9,22,25-26H,7-8,10H2,1H3. The van der Waals surface area contributed by atoms with Crippen molar-refractivity contribution in [2.75, 3.05) is 32.1 Å². The van der Waals surface area contributed by atoms with Crippen LogP contribution in [0.2, 0.25) is 0 Å². The van der Waals surface area contributed by atoms with E-state index >= 15 is 0 Å². The lowest BCUT2D eigenvalue weighted by Crippen LogP contribution is -2.31. The van der Waals surface area contributed by atoms with Crippen LogP contribution >= 0.6 is 0 Å². The van der Waals surface area contributed by atoms with Gasteiger partial charge in [0.1, 0.15) is 11.4 Å². The Kier molecular flexibility index (Phi) is 5.07. The van der Waals surface area contributed by atoms with Crippen molar-refractivity contribution in [2.45, 2.75) is 0 Å². The predicted octanol–water partition coefficient (Wildman–Crippen LogP) is 1.27. The van der Waals surface area contributed by atoms with E-state index in [4.69, 9.17) is 14.3 Å². The summed E-state index contributed by atoms with van der Waals surface area (Å²) < 4.78 is 10.4. The molecule has 3 heterocycles. The minimum atomic E-state index is -0.647. The van der Waals surface area contributed by atoms with E-state index in [0.29, 0.717) is 22.5 Å². The molecule has 10 heteroatoms. The first-order valence-electron chi connectivity index (χ1n) is 9.05. The lowest BCUT2D eigenvalue weighted by Gasteiger charge is -2.15. The molecule has 10 nitrogen and oxygen atoms in total. The van der Waals surface area contributed by atoms with Gasteiger partial charge in [0, 0.05) is 24.5 Å². The maximum absolute atomic E-state index is 12.6. The fraction of sp³-hybridized carbons (Fsp3) is 0.200. The number of phenols is 1. The molecule has 3 N–H and O–H groups in total. The summed E-state index contributed by atoms with van der Waals surface area (Å²) >= 11 is 0. The molecule has 0 aliphatic carbocycles. The number of methoxy groups -OCH3 is 1. The van der Waals surface area contributed by atoms with Crippen LogP contribution in [-0.4, -0.2) is 63.8 Å². The fourth-order valence-electron chi connectivity index (χ4n) is 3.17. The zero-order valence-electron chi connectivity index (χ0n) is 16.0. The molecule has 0 saturated heterocycles. The minimum absolute atomic E-state index is 0.0222. The first-order chi connectivity index (χ1) is 14.5. The molecule has 0 fully saturated rings. The molecule has 1 aromatic carbocycles. The smallest absolute Gasteiger partial charge is 0.337 e. The zero-order chi connectivity index (χ0) is 21.3. The number of nitrogens with one attached hydrogen (secondary N) is 1. The Balaban J connectivity index is 1.63. The third kappa shape index (κ3) is 3.44. The Morgan fingerprint density at radius 3 is 2.90 bits per heavy atom. The van der Waals surface area contributed by atoms with E-state index in [0.717, 1.165) is 0 Å². The number of hydrogen-bond acceptors (Lipinski definition) is 9. The van der Waals surface area contributed by atoms with E-state index in [1.807, 2.05) is 0 Å². The summed E-state index contributed by atoms with van der Waals surface area (Å²) in [5.41, 5.74) is 1.81. The number of fused-ring (bicyclic) bond motifs is 1. The van der Waals surface area contributed by atoms with E-state index in [9.17, 15) is 14.7 Å². The van der Waals surface area contributed by atoms with Gasteiger partial charge in [-0.2, -0.15) is 4.98 Å². The largest absolute Gasteiger partial charge is 0.507 e. The Labute approximate surface area is 170 Å². The maximum atomic E-state index is 12.6. The van der Waals surface area contributed by atoms with Crippen LogP contribution in [0.15, 0.2) is 52.2 Å². The quantitative estimate of drug-likeness (QED) is 0.513. The summed E-state index contributed by atoms with van der Waals surface area (Å²) in [7, 11) is 1.22. The molecule has 1 aliphatic heterocycles. The summed E-state index contributed by atoms with van der Waals surface area (Å²) in [6.07, 6.45) is 1.59. The molecule has 0 unspecified atom stereocenters. The van der Waals surface area contributed by atoms with E-state index in [1.54, 1.807) is 30.5 Å². The number of pyridine rings is 1. The van der Waals surface area contributed by atoms with Crippen LogP contribution in [0.1, 0.15) is 0 Å². The molecule has 0 bridgehead atoms. The van der Waals surface area contributed by atoms with Crippen molar-refractivity contribution in [3.8, 4) is 17.2 Å². The van der Waals surface area contributed by atoms with Gasteiger partial charge in [-0.05, 0) is 24.3 Å². The van der Waals surface area contributed by atoms with Crippen molar-refractivity contribution in [1.29, 1.82) is 0 Å². The van der Waals surface area contributed by atoms with Crippen LogP contribution in [0.3, 0.4) is 0 Å². The summed E-state index contributed by atoms with van der Waals surface area (Å²) in [6, 6.07) is 8.01. The molecule has 30 heavy (non-hydrogen) atoms. The molecule has 3 aromatic rings. The first kappa shape index (κ1) is 19.4.